The van der Waals surface area contributed by atoms with E-state index < -0.39 is 0 Å². The van der Waals surface area contributed by atoms with E-state index >= 15 is 0 Å². The van der Waals surface area contributed by atoms with E-state index in [4.69, 9.17) is 4.74 Å². The molecule has 1 atom stereocenters. The van der Waals surface area contributed by atoms with Crippen LogP contribution in [0.3, 0.4) is 0 Å². The van der Waals surface area contributed by atoms with Crippen LogP contribution in [0.4, 0.5) is 0 Å². The summed E-state index contributed by atoms with van der Waals surface area (Å²) in [6.07, 6.45) is 2.77. The average Bonchev–Trinajstić information content (AvgIpc) is 3.03. The summed E-state index contributed by atoms with van der Waals surface area (Å²) in [6, 6.07) is 10.1. The number of rotatable bonds is 3. The zero-order chi connectivity index (χ0) is 16.2. The van der Waals surface area contributed by atoms with Crippen LogP contribution < -0.4 is 4.74 Å². The van der Waals surface area contributed by atoms with E-state index in [0.717, 1.165) is 17.6 Å². The maximum absolute atomic E-state index is 5.35. The molecule has 23 heavy (non-hydrogen) atoms. The van der Waals surface area contributed by atoms with Crippen molar-refractivity contribution in [2.75, 3.05) is 7.11 Å². The van der Waals surface area contributed by atoms with Gasteiger partial charge in [0, 0.05) is 11.6 Å². The van der Waals surface area contributed by atoms with Gasteiger partial charge in [-0.2, -0.15) is 4.98 Å². The third-order valence-corrected chi connectivity index (χ3v) is 3.74. The van der Waals surface area contributed by atoms with Gasteiger partial charge in [-0.1, -0.05) is 31.0 Å². The summed E-state index contributed by atoms with van der Waals surface area (Å²) < 4.78 is 7.39. The van der Waals surface area contributed by atoms with Crippen LogP contribution >= 0.6 is 0 Å². The van der Waals surface area contributed by atoms with Crippen LogP contribution in [0.15, 0.2) is 36.7 Å². The van der Waals surface area contributed by atoms with Gasteiger partial charge in [0.1, 0.15) is 0 Å². The fourth-order valence-electron chi connectivity index (χ4n) is 2.26. The highest BCUT2D eigenvalue weighted by Crippen LogP contribution is 2.24. The molecule has 5 nitrogen and oxygen atoms in total. The van der Waals surface area contributed by atoms with Crippen molar-refractivity contribution >= 4 is 11.2 Å². The van der Waals surface area contributed by atoms with Gasteiger partial charge in [-0.3, -0.25) is 0 Å². The highest BCUT2D eigenvalue weighted by atomic mass is 16.5. The minimum absolute atomic E-state index is 0.300. The molecule has 0 spiro atoms. The Morgan fingerprint density at radius 2 is 1.96 bits per heavy atom. The van der Waals surface area contributed by atoms with Crippen molar-refractivity contribution in [1.82, 2.24) is 19.5 Å². The van der Waals surface area contributed by atoms with E-state index in [1.54, 1.807) is 13.4 Å². The first-order chi connectivity index (χ1) is 11.2. The Morgan fingerprint density at radius 3 is 2.65 bits per heavy atom. The van der Waals surface area contributed by atoms with E-state index in [1.807, 2.05) is 34.9 Å². The van der Waals surface area contributed by atoms with Gasteiger partial charge < -0.3 is 9.30 Å². The number of hydrogen-bond acceptors (Lipinski definition) is 4. The molecule has 1 aromatic carbocycles. The Kier molecular flexibility index (Phi) is 4.24. The fourth-order valence-corrected chi connectivity index (χ4v) is 2.26. The summed E-state index contributed by atoms with van der Waals surface area (Å²) in [7, 11) is 1.58. The number of benzene rings is 1. The maximum Gasteiger partial charge on any atom is 0.246 e. The second kappa shape index (κ2) is 6.49. The predicted octanol–water partition coefficient (Wildman–Crippen LogP) is 3.21. The lowest BCUT2D eigenvalue weighted by molar-refractivity contribution is 0.401. The molecule has 0 N–H and O–H groups in total. The highest BCUT2D eigenvalue weighted by Gasteiger charge is 2.15. The molecule has 0 aliphatic carbocycles. The number of methoxy groups -OCH3 is 1. The minimum atomic E-state index is 0.300. The zero-order valence-electron chi connectivity index (χ0n) is 13.4. The molecule has 116 valence electrons. The van der Waals surface area contributed by atoms with Crippen LogP contribution in [0.25, 0.3) is 11.2 Å². The van der Waals surface area contributed by atoms with Gasteiger partial charge in [0.25, 0.3) is 0 Å². The first-order valence-electron chi connectivity index (χ1n) is 7.58. The third kappa shape index (κ3) is 3.02. The van der Waals surface area contributed by atoms with E-state index in [2.05, 4.69) is 40.6 Å². The smallest absolute Gasteiger partial charge is 0.246 e. The number of hydrogen-bond donors (Lipinski definition) is 0. The van der Waals surface area contributed by atoms with Gasteiger partial charge in [0.05, 0.1) is 13.4 Å². The molecule has 0 aliphatic rings. The van der Waals surface area contributed by atoms with Gasteiger partial charge >= 0.3 is 0 Å². The molecular formula is C18H18N4O. The molecule has 0 amide bonds. The molecular weight excluding hydrogens is 288 g/mol. The Morgan fingerprint density at radius 1 is 1.17 bits per heavy atom. The van der Waals surface area contributed by atoms with Crippen molar-refractivity contribution in [3.63, 3.8) is 0 Å². The van der Waals surface area contributed by atoms with E-state index in [0.29, 0.717) is 23.3 Å². The number of imidazole rings is 1. The number of nitrogens with zero attached hydrogens (tertiary/aromatic N) is 4. The summed E-state index contributed by atoms with van der Waals surface area (Å²) in [5, 5.41) is 0. The SMILES string of the molecule is CCC(C)n1cnc2c(OC)nc(C#Cc3ccccc3)nc21. The van der Waals surface area contributed by atoms with Crippen LogP contribution in [0, 0.1) is 11.8 Å². The van der Waals surface area contributed by atoms with Crippen molar-refractivity contribution in [2.24, 2.45) is 0 Å². The van der Waals surface area contributed by atoms with Crippen molar-refractivity contribution in [3.8, 4) is 17.7 Å². The lowest BCUT2D eigenvalue weighted by Gasteiger charge is -2.11. The quantitative estimate of drug-likeness (QED) is 0.697. The molecule has 3 aromatic rings. The van der Waals surface area contributed by atoms with Crippen LogP contribution in [-0.2, 0) is 0 Å². The van der Waals surface area contributed by atoms with Gasteiger partial charge in [-0.15, -0.1) is 0 Å². The van der Waals surface area contributed by atoms with E-state index in [-0.39, 0.29) is 0 Å². The third-order valence-electron chi connectivity index (χ3n) is 3.74. The summed E-state index contributed by atoms with van der Waals surface area (Å²) in [5.41, 5.74) is 2.34. The monoisotopic (exact) mass is 306 g/mol. The fraction of sp³-hybridized carbons (Fsp3) is 0.278. The first-order valence-corrected chi connectivity index (χ1v) is 7.58. The molecule has 0 bridgehead atoms. The molecule has 0 saturated carbocycles. The van der Waals surface area contributed by atoms with Gasteiger partial charge in [0.15, 0.2) is 11.2 Å². The lowest BCUT2D eigenvalue weighted by atomic mass is 10.2. The molecule has 0 fully saturated rings. The second-order valence-electron chi connectivity index (χ2n) is 5.25. The zero-order valence-corrected chi connectivity index (χ0v) is 13.4. The second-order valence-corrected chi connectivity index (χ2v) is 5.25. The Hall–Kier alpha value is -2.87. The normalized spacial score (nSPS) is 11.8. The molecule has 0 aliphatic heterocycles. The van der Waals surface area contributed by atoms with Crippen LogP contribution in [0.1, 0.15) is 37.7 Å². The number of aromatic nitrogens is 4. The minimum Gasteiger partial charge on any atom is -0.479 e. The van der Waals surface area contributed by atoms with Gasteiger partial charge in [0.2, 0.25) is 11.7 Å². The molecule has 0 saturated heterocycles. The Bertz CT molecular complexity index is 874. The van der Waals surface area contributed by atoms with Crippen molar-refractivity contribution in [2.45, 2.75) is 26.3 Å². The number of fused-ring (bicyclic) bond motifs is 1. The van der Waals surface area contributed by atoms with Crippen LogP contribution in [0.5, 0.6) is 5.88 Å². The maximum atomic E-state index is 5.35. The number of ether oxygens (including phenoxy) is 1. The topological polar surface area (TPSA) is 52.8 Å². The van der Waals surface area contributed by atoms with Crippen molar-refractivity contribution in [3.05, 3.63) is 48.0 Å². The predicted molar refractivity (Wildman–Crippen MR) is 89.3 cm³/mol. The summed E-state index contributed by atoms with van der Waals surface area (Å²) in [5.74, 6) is 6.97. The van der Waals surface area contributed by atoms with Gasteiger partial charge in [-0.05, 0) is 31.4 Å². The van der Waals surface area contributed by atoms with Crippen LogP contribution in [0.2, 0.25) is 0 Å². The van der Waals surface area contributed by atoms with Crippen molar-refractivity contribution in [1.29, 1.82) is 0 Å². The summed E-state index contributed by atoms with van der Waals surface area (Å²) in [4.78, 5) is 13.3. The molecule has 2 heterocycles. The van der Waals surface area contributed by atoms with Crippen molar-refractivity contribution < 1.29 is 4.74 Å². The largest absolute Gasteiger partial charge is 0.479 e. The Labute approximate surface area is 135 Å². The molecule has 2 aromatic heterocycles. The van der Waals surface area contributed by atoms with E-state index in [1.165, 1.54) is 0 Å². The Balaban J connectivity index is 2.09. The first kappa shape index (κ1) is 15.0. The van der Waals surface area contributed by atoms with E-state index in [9.17, 15) is 0 Å². The van der Waals surface area contributed by atoms with Crippen LogP contribution in [-0.4, -0.2) is 26.6 Å². The molecule has 1 unspecified atom stereocenters. The molecule has 5 heteroatoms. The molecule has 0 radical (unpaired) electrons. The highest BCUT2D eigenvalue weighted by molar-refractivity contribution is 5.77. The average molecular weight is 306 g/mol. The molecule has 3 rings (SSSR count). The lowest BCUT2D eigenvalue weighted by Crippen LogP contribution is -2.05. The standard InChI is InChI=1S/C18H18N4O/c1-4-13(2)22-12-19-16-17(22)20-15(21-18(16)23-3)11-10-14-8-6-5-7-9-14/h5-9,12-13H,4H2,1-3H3. The summed E-state index contributed by atoms with van der Waals surface area (Å²) >= 11 is 0. The summed E-state index contributed by atoms with van der Waals surface area (Å²) in [6.45, 7) is 4.26. The van der Waals surface area contributed by atoms with Gasteiger partial charge in [-0.25, -0.2) is 9.97 Å².